The zero-order valence-electron chi connectivity index (χ0n) is 14.3. The molecule has 2 aliphatic rings. The zero-order valence-corrected chi connectivity index (χ0v) is 14.3. The van der Waals surface area contributed by atoms with Crippen LogP contribution >= 0.6 is 0 Å². The Kier molecular flexibility index (Phi) is 4.53. The smallest absolute Gasteiger partial charge is 0.254 e. The molecular formula is C17H26N4O2. The normalized spacial score (nSPS) is 19.9. The fourth-order valence-corrected chi connectivity index (χ4v) is 3.52. The second-order valence-corrected chi connectivity index (χ2v) is 7.12. The molecule has 23 heavy (non-hydrogen) atoms. The minimum atomic E-state index is 0.0267. The van der Waals surface area contributed by atoms with Crippen molar-refractivity contribution < 1.29 is 4.79 Å². The molecule has 1 aromatic heterocycles. The third-order valence-electron chi connectivity index (χ3n) is 4.97. The average molecular weight is 318 g/mol. The predicted octanol–water partition coefficient (Wildman–Crippen LogP) is 1.12. The number of nitrogens with zero attached hydrogens (tertiary/aromatic N) is 3. The van der Waals surface area contributed by atoms with Crippen molar-refractivity contribution in [1.82, 2.24) is 19.8 Å². The van der Waals surface area contributed by atoms with E-state index in [0.29, 0.717) is 0 Å². The number of likely N-dealkylation sites (tertiary alicyclic amines) is 1. The van der Waals surface area contributed by atoms with Crippen LogP contribution in [0.2, 0.25) is 0 Å². The maximum absolute atomic E-state index is 12.3. The predicted molar refractivity (Wildman–Crippen MR) is 88.3 cm³/mol. The van der Waals surface area contributed by atoms with Crippen molar-refractivity contribution in [2.75, 3.05) is 26.7 Å². The van der Waals surface area contributed by atoms with Crippen molar-refractivity contribution in [1.29, 1.82) is 0 Å². The van der Waals surface area contributed by atoms with E-state index in [1.165, 1.54) is 0 Å². The highest BCUT2D eigenvalue weighted by atomic mass is 16.2. The summed E-state index contributed by atoms with van der Waals surface area (Å²) in [6.07, 6.45) is 2.52. The molecule has 0 aromatic carbocycles. The monoisotopic (exact) mass is 318 g/mol. The summed E-state index contributed by atoms with van der Waals surface area (Å²) in [5.74, 6) is 1.32. The van der Waals surface area contributed by atoms with Gasteiger partial charge in [0, 0.05) is 43.6 Å². The summed E-state index contributed by atoms with van der Waals surface area (Å²) in [4.78, 5) is 36.3. The Bertz CT molecular complexity index is 644. The number of piperidine rings is 1. The van der Waals surface area contributed by atoms with Gasteiger partial charge in [0.1, 0.15) is 5.82 Å². The summed E-state index contributed by atoms with van der Waals surface area (Å²) in [5.41, 5.74) is 1.80. The van der Waals surface area contributed by atoms with E-state index in [1.54, 1.807) is 0 Å². The molecule has 0 saturated carbocycles. The van der Waals surface area contributed by atoms with E-state index in [1.807, 2.05) is 18.7 Å². The molecular weight excluding hydrogens is 292 g/mol. The fourth-order valence-electron chi connectivity index (χ4n) is 3.52. The first-order valence-electron chi connectivity index (χ1n) is 8.55. The van der Waals surface area contributed by atoms with Gasteiger partial charge in [0.25, 0.3) is 5.56 Å². The van der Waals surface area contributed by atoms with Gasteiger partial charge in [0.2, 0.25) is 5.91 Å². The van der Waals surface area contributed by atoms with Gasteiger partial charge >= 0.3 is 0 Å². The van der Waals surface area contributed by atoms with Crippen molar-refractivity contribution in [3.63, 3.8) is 0 Å². The quantitative estimate of drug-likeness (QED) is 0.887. The summed E-state index contributed by atoms with van der Waals surface area (Å²) in [7, 11) is 2.06. The van der Waals surface area contributed by atoms with Crippen LogP contribution in [0.25, 0.3) is 0 Å². The number of aromatic nitrogens is 2. The van der Waals surface area contributed by atoms with E-state index >= 15 is 0 Å². The molecule has 2 aliphatic heterocycles. The molecule has 0 spiro atoms. The van der Waals surface area contributed by atoms with Crippen molar-refractivity contribution in [3.8, 4) is 0 Å². The number of fused-ring (bicyclic) bond motifs is 1. The molecule has 6 heteroatoms. The number of likely N-dealkylation sites (N-methyl/N-ethyl adjacent to an activating group) is 1. The summed E-state index contributed by atoms with van der Waals surface area (Å²) < 4.78 is 0. The Morgan fingerprint density at radius 3 is 2.61 bits per heavy atom. The molecule has 0 radical (unpaired) electrons. The van der Waals surface area contributed by atoms with E-state index < -0.39 is 0 Å². The SMILES string of the molecule is CC(C)C(=O)N1CCC(c2nc3c(c(=O)[nH]2)CCN(C)C3)CC1. The van der Waals surface area contributed by atoms with Crippen LogP contribution in [0.3, 0.4) is 0 Å². The second kappa shape index (κ2) is 6.43. The van der Waals surface area contributed by atoms with Crippen LogP contribution in [0.15, 0.2) is 4.79 Å². The van der Waals surface area contributed by atoms with Crippen LogP contribution in [0.1, 0.15) is 49.7 Å². The maximum atomic E-state index is 12.3. The molecule has 3 rings (SSSR count). The Morgan fingerprint density at radius 1 is 1.26 bits per heavy atom. The lowest BCUT2D eigenvalue weighted by molar-refractivity contribution is -0.135. The van der Waals surface area contributed by atoms with Gasteiger partial charge in [-0.1, -0.05) is 13.8 Å². The lowest BCUT2D eigenvalue weighted by Crippen LogP contribution is -2.41. The molecule has 126 valence electrons. The van der Waals surface area contributed by atoms with E-state index in [0.717, 1.165) is 62.5 Å². The van der Waals surface area contributed by atoms with Crippen LogP contribution in [-0.2, 0) is 17.8 Å². The molecule has 0 bridgehead atoms. The lowest BCUT2D eigenvalue weighted by Gasteiger charge is -2.33. The van der Waals surface area contributed by atoms with Gasteiger partial charge in [0.15, 0.2) is 0 Å². The largest absolute Gasteiger partial charge is 0.342 e. The number of H-pyrrole nitrogens is 1. The molecule has 1 saturated heterocycles. The Balaban J connectivity index is 1.74. The number of rotatable bonds is 2. The Morgan fingerprint density at radius 2 is 1.96 bits per heavy atom. The highest BCUT2D eigenvalue weighted by Crippen LogP contribution is 2.26. The summed E-state index contributed by atoms with van der Waals surface area (Å²) >= 11 is 0. The minimum absolute atomic E-state index is 0.0267. The van der Waals surface area contributed by atoms with Crippen molar-refractivity contribution in [2.24, 2.45) is 5.92 Å². The summed E-state index contributed by atoms with van der Waals surface area (Å²) in [5, 5.41) is 0. The maximum Gasteiger partial charge on any atom is 0.254 e. The summed E-state index contributed by atoms with van der Waals surface area (Å²) in [6.45, 7) is 7.04. The van der Waals surface area contributed by atoms with Gasteiger partial charge in [-0.05, 0) is 26.3 Å². The lowest BCUT2D eigenvalue weighted by atomic mass is 9.94. The third kappa shape index (κ3) is 3.32. The molecule has 1 N–H and O–H groups in total. The first-order chi connectivity index (χ1) is 11.0. The molecule has 3 heterocycles. The second-order valence-electron chi connectivity index (χ2n) is 7.12. The first kappa shape index (κ1) is 16.2. The van der Waals surface area contributed by atoms with Gasteiger partial charge < -0.3 is 14.8 Å². The minimum Gasteiger partial charge on any atom is -0.342 e. The molecule has 0 unspecified atom stereocenters. The van der Waals surface area contributed by atoms with Gasteiger partial charge in [-0.2, -0.15) is 0 Å². The van der Waals surface area contributed by atoms with Crippen molar-refractivity contribution in [2.45, 2.75) is 45.6 Å². The Hall–Kier alpha value is -1.69. The van der Waals surface area contributed by atoms with Gasteiger partial charge in [0.05, 0.1) is 5.69 Å². The van der Waals surface area contributed by atoms with E-state index in [9.17, 15) is 9.59 Å². The van der Waals surface area contributed by atoms with E-state index in [4.69, 9.17) is 4.98 Å². The highest BCUT2D eigenvalue weighted by molar-refractivity contribution is 5.78. The van der Waals surface area contributed by atoms with Crippen LogP contribution in [0.5, 0.6) is 0 Å². The van der Waals surface area contributed by atoms with Crippen LogP contribution in [0, 0.1) is 5.92 Å². The number of hydrogen-bond donors (Lipinski definition) is 1. The van der Waals surface area contributed by atoms with E-state index in [-0.39, 0.29) is 23.3 Å². The van der Waals surface area contributed by atoms with Crippen LogP contribution in [0.4, 0.5) is 0 Å². The van der Waals surface area contributed by atoms with Crippen molar-refractivity contribution >= 4 is 5.91 Å². The van der Waals surface area contributed by atoms with Crippen LogP contribution in [-0.4, -0.2) is 52.4 Å². The number of carbonyl (C=O) groups excluding carboxylic acids is 1. The topological polar surface area (TPSA) is 69.3 Å². The highest BCUT2D eigenvalue weighted by Gasteiger charge is 2.28. The molecule has 1 fully saturated rings. The van der Waals surface area contributed by atoms with Crippen molar-refractivity contribution in [3.05, 3.63) is 27.4 Å². The van der Waals surface area contributed by atoms with Gasteiger partial charge in [-0.3, -0.25) is 9.59 Å². The molecule has 6 nitrogen and oxygen atoms in total. The first-order valence-corrected chi connectivity index (χ1v) is 8.55. The molecule has 1 aromatic rings. The van der Waals surface area contributed by atoms with Gasteiger partial charge in [-0.25, -0.2) is 4.98 Å². The average Bonchev–Trinajstić information content (AvgIpc) is 2.53. The van der Waals surface area contributed by atoms with Gasteiger partial charge in [-0.15, -0.1) is 0 Å². The number of nitrogens with one attached hydrogen (secondary N) is 1. The molecule has 1 amide bonds. The van der Waals surface area contributed by atoms with Crippen LogP contribution < -0.4 is 5.56 Å². The third-order valence-corrected chi connectivity index (χ3v) is 4.97. The number of carbonyl (C=O) groups is 1. The molecule has 0 aliphatic carbocycles. The van der Waals surface area contributed by atoms with E-state index in [2.05, 4.69) is 16.9 Å². The zero-order chi connectivity index (χ0) is 16.6. The number of amides is 1. The molecule has 0 atom stereocenters. The summed E-state index contributed by atoms with van der Waals surface area (Å²) in [6, 6.07) is 0. The number of hydrogen-bond acceptors (Lipinski definition) is 4. The number of aromatic amines is 1. The standard InChI is InChI=1S/C17H26N4O2/c1-11(2)17(23)21-8-4-12(5-9-21)15-18-14-10-20(3)7-6-13(14)16(22)19-15/h11-12H,4-10H2,1-3H3,(H,18,19,22). The fraction of sp³-hybridized carbons (Fsp3) is 0.706. The Labute approximate surface area is 136 Å².